The molecule has 0 bridgehead atoms. The Morgan fingerprint density at radius 2 is 2.21 bits per heavy atom. The summed E-state index contributed by atoms with van der Waals surface area (Å²) in [5, 5.41) is 11.5. The number of nitro benzene ring substituents is 1. The number of aromatic nitrogens is 1. The summed E-state index contributed by atoms with van der Waals surface area (Å²) in [6, 6.07) is 6.98. The molecule has 1 aromatic heterocycles. The number of nitrogens with zero attached hydrogens (tertiary/aromatic N) is 2. The van der Waals surface area contributed by atoms with Crippen molar-refractivity contribution in [2.24, 2.45) is 0 Å². The summed E-state index contributed by atoms with van der Waals surface area (Å²) in [6.07, 6.45) is 1.56. The molecule has 0 amide bonds. The number of nitro groups is 1. The average molecular weight is 300 g/mol. The first-order valence-electron chi connectivity index (χ1n) is 3.87. The number of fused-ring (bicyclic) bond motifs is 1. The molecule has 0 aliphatic heterocycles. The second-order valence-electron chi connectivity index (χ2n) is 2.76. The highest BCUT2D eigenvalue weighted by atomic mass is 127. The van der Waals surface area contributed by atoms with Crippen molar-refractivity contribution in [1.82, 2.24) is 4.98 Å². The van der Waals surface area contributed by atoms with E-state index in [9.17, 15) is 10.1 Å². The maximum Gasteiger partial charge on any atom is 0.296 e. The molecular weight excluding hydrogens is 295 g/mol. The number of benzene rings is 1. The van der Waals surface area contributed by atoms with Crippen LogP contribution in [0.2, 0.25) is 0 Å². The van der Waals surface area contributed by atoms with Crippen molar-refractivity contribution in [2.75, 3.05) is 0 Å². The Morgan fingerprint density at radius 3 is 2.93 bits per heavy atom. The third-order valence-electron chi connectivity index (χ3n) is 1.85. The van der Waals surface area contributed by atoms with E-state index in [1.54, 1.807) is 12.3 Å². The molecule has 0 aliphatic rings. The Labute approximate surface area is 93.2 Å². The molecule has 0 spiro atoms. The molecule has 0 radical (unpaired) electrons. The second-order valence-corrected chi connectivity index (χ2v) is 4.00. The van der Waals surface area contributed by atoms with Crippen LogP contribution < -0.4 is 0 Å². The van der Waals surface area contributed by atoms with Crippen LogP contribution >= 0.6 is 22.6 Å². The quantitative estimate of drug-likeness (QED) is 0.462. The summed E-state index contributed by atoms with van der Waals surface area (Å²) in [5.74, 6) is 0. The lowest BCUT2D eigenvalue weighted by atomic mass is 10.2. The van der Waals surface area contributed by atoms with E-state index >= 15 is 0 Å². The summed E-state index contributed by atoms with van der Waals surface area (Å²) >= 11 is 2.05. The van der Waals surface area contributed by atoms with E-state index in [4.69, 9.17) is 0 Å². The molecule has 70 valence electrons. The monoisotopic (exact) mass is 300 g/mol. The lowest BCUT2D eigenvalue weighted by molar-refractivity contribution is -0.383. The third kappa shape index (κ3) is 1.54. The van der Waals surface area contributed by atoms with E-state index in [0.29, 0.717) is 5.52 Å². The highest BCUT2D eigenvalue weighted by molar-refractivity contribution is 14.1. The van der Waals surface area contributed by atoms with Crippen molar-refractivity contribution < 1.29 is 4.92 Å². The van der Waals surface area contributed by atoms with E-state index in [-0.39, 0.29) is 5.69 Å². The lowest BCUT2D eigenvalue weighted by Crippen LogP contribution is -1.92. The first-order chi connectivity index (χ1) is 6.68. The van der Waals surface area contributed by atoms with Gasteiger partial charge in [-0.05, 0) is 34.7 Å². The summed E-state index contributed by atoms with van der Waals surface area (Å²) in [7, 11) is 0. The Bertz CT molecular complexity index is 513. The van der Waals surface area contributed by atoms with Crippen LogP contribution in [-0.4, -0.2) is 9.91 Å². The predicted octanol–water partition coefficient (Wildman–Crippen LogP) is 2.75. The third-order valence-corrected chi connectivity index (χ3v) is 2.47. The zero-order valence-electron chi connectivity index (χ0n) is 6.98. The van der Waals surface area contributed by atoms with Crippen LogP contribution in [0.25, 0.3) is 10.9 Å². The number of hydrogen-bond acceptors (Lipinski definition) is 3. The predicted molar refractivity (Wildman–Crippen MR) is 61.1 cm³/mol. The molecule has 4 nitrogen and oxygen atoms in total. The molecule has 0 N–H and O–H groups in total. The van der Waals surface area contributed by atoms with Gasteiger partial charge in [-0.25, -0.2) is 4.98 Å². The molecule has 1 heterocycles. The number of non-ortho nitro benzene ring substituents is 1. The van der Waals surface area contributed by atoms with Crippen molar-refractivity contribution in [2.45, 2.75) is 0 Å². The standard InChI is InChI=1S/C9H5IN2O2/c10-7-4-6-2-1-3-11-9(6)8(5-7)12(13)14/h1-5H. The summed E-state index contributed by atoms with van der Waals surface area (Å²) in [6.45, 7) is 0. The number of rotatable bonds is 1. The Hall–Kier alpha value is -1.24. The van der Waals surface area contributed by atoms with Crippen LogP contribution in [0.15, 0.2) is 30.5 Å². The average Bonchev–Trinajstić information content (AvgIpc) is 2.16. The molecule has 2 aromatic rings. The van der Waals surface area contributed by atoms with Gasteiger partial charge >= 0.3 is 0 Å². The number of hydrogen-bond donors (Lipinski definition) is 0. The summed E-state index contributed by atoms with van der Waals surface area (Å²) < 4.78 is 0.842. The van der Waals surface area contributed by atoms with Gasteiger partial charge in [0.1, 0.15) is 5.52 Å². The molecule has 1 aromatic carbocycles. The van der Waals surface area contributed by atoms with Crippen molar-refractivity contribution >= 4 is 39.2 Å². The Morgan fingerprint density at radius 1 is 1.43 bits per heavy atom. The van der Waals surface area contributed by atoms with E-state index in [1.165, 1.54) is 6.07 Å². The van der Waals surface area contributed by atoms with Crippen LogP contribution in [0.4, 0.5) is 5.69 Å². The van der Waals surface area contributed by atoms with Crippen LogP contribution in [-0.2, 0) is 0 Å². The van der Waals surface area contributed by atoms with Gasteiger partial charge in [0, 0.05) is 21.2 Å². The van der Waals surface area contributed by atoms with Gasteiger partial charge in [0.15, 0.2) is 0 Å². The molecule has 14 heavy (non-hydrogen) atoms. The fraction of sp³-hybridized carbons (Fsp3) is 0. The van der Waals surface area contributed by atoms with Crippen LogP contribution in [0, 0.1) is 13.7 Å². The van der Waals surface area contributed by atoms with Crippen molar-refractivity contribution in [3.63, 3.8) is 0 Å². The molecule has 2 rings (SSSR count). The van der Waals surface area contributed by atoms with Crippen molar-refractivity contribution in [3.05, 3.63) is 44.1 Å². The fourth-order valence-electron chi connectivity index (χ4n) is 1.28. The second kappa shape index (κ2) is 3.49. The van der Waals surface area contributed by atoms with E-state index < -0.39 is 4.92 Å². The number of halogens is 1. The Kier molecular flexibility index (Phi) is 2.32. The molecular formula is C9H5IN2O2. The number of pyridine rings is 1. The van der Waals surface area contributed by atoms with Gasteiger partial charge in [-0.15, -0.1) is 0 Å². The van der Waals surface area contributed by atoms with Gasteiger partial charge < -0.3 is 0 Å². The summed E-state index contributed by atoms with van der Waals surface area (Å²) in [5.41, 5.74) is 0.505. The minimum absolute atomic E-state index is 0.0625. The van der Waals surface area contributed by atoms with E-state index in [1.807, 2.05) is 12.1 Å². The maximum atomic E-state index is 10.7. The van der Waals surface area contributed by atoms with Crippen LogP contribution in [0.3, 0.4) is 0 Å². The summed E-state index contributed by atoms with van der Waals surface area (Å²) in [4.78, 5) is 14.3. The fourth-order valence-corrected chi connectivity index (χ4v) is 1.91. The molecule has 0 fully saturated rings. The van der Waals surface area contributed by atoms with Crippen molar-refractivity contribution in [1.29, 1.82) is 0 Å². The van der Waals surface area contributed by atoms with Gasteiger partial charge in [-0.3, -0.25) is 10.1 Å². The van der Waals surface area contributed by atoms with Gasteiger partial charge in [-0.1, -0.05) is 6.07 Å². The van der Waals surface area contributed by atoms with Gasteiger partial charge in [0.2, 0.25) is 0 Å². The van der Waals surface area contributed by atoms with E-state index in [0.717, 1.165) is 8.96 Å². The van der Waals surface area contributed by atoms with Crippen LogP contribution in [0.5, 0.6) is 0 Å². The highest BCUT2D eigenvalue weighted by Crippen LogP contribution is 2.25. The van der Waals surface area contributed by atoms with Crippen LogP contribution in [0.1, 0.15) is 0 Å². The largest absolute Gasteiger partial charge is 0.296 e. The Balaban J connectivity index is 2.87. The first kappa shape index (κ1) is 9.32. The SMILES string of the molecule is O=[N+]([O-])c1cc(I)cc2cccnc12. The normalized spacial score (nSPS) is 10.4. The highest BCUT2D eigenvalue weighted by Gasteiger charge is 2.13. The molecule has 0 aliphatic carbocycles. The molecule has 0 saturated heterocycles. The minimum atomic E-state index is -0.405. The molecule has 0 atom stereocenters. The lowest BCUT2D eigenvalue weighted by Gasteiger charge is -1.98. The minimum Gasteiger partial charge on any atom is -0.258 e. The van der Waals surface area contributed by atoms with Crippen molar-refractivity contribution in [3.8, 4) is 0 Å². The van der Waals surface area contributed by atoms with Gasteiger partial charge in [0.25, 0.3) is 5.69 Å². The zero-order valence-corrected chi connectivity index (χ0v) is 9.13. The molecule has 0 unspecified atom stereocenters. The first-order valence-corrected chi connectivity index (χ1v) is 4.95. The van der Waals surface area contributed by atoms with Gasteiger partial charge in [-0.2, -0.15) is 0 Å². The maximum absolute atomic E-state index is 10.7. The molecule has 5 heteroatoms. The topological polar surface area (TPSA) is 56.0 Å². The molecule has 0 saturated carbocycles. The van der Waals surface area contributed by atoms with Gasteiger partial charge in [0.05, 0.1) is 4.92 Å². The zero-order chi connectivity index (χ0) is 10.1. The van der Waals surface area contributed by atoms with E-state index in [2.05, 4.69) is 27.6 Å². The smallest absolute Gasteiger partial charge is 0.258 e.